The molecule has 3 amide bonds. The first kappa shape index (κ1) is 24.4. The Bertz CT molecular complexity index is 1320. The van der Waals surface area contributed by atoms with Gasteiger partial charge in [0.1, 0.15) is 18.2 Å². The van der Waals surface area contributed by atoms with Crippen molar-refractivity contribution in [3.63, 3.8) is 0 Å². The highest BCUT2D eigenvalue weighted by atomic mass is 16.6. The SMILES string of the molecule is CC(C)(C)OC(=O)N[C@H]1Cc2ccccc2N(NC(=O)OCC2c3ccccc3-c3ccccc32)C1=O. The van der Waals surface area contributed by atoms with E-state index in [9.17, 15) is 14.4 Å². The second-order valence-corrected chi connectivity index (χ2v) is 10.1. The highest BCUT2D eigenvalue weighted by molar-refractivity contribution is 6.02. The minimum atomic E-state index is -0.904. The van der Waals surface area contributed by atoms with Crippen LogP contribution in [0.3, 0.4) is 0 Å². The fourth-order valence-corrected chi connectivity index (χ4v) is 4.88. The lowest BCUT2D eigenvalue weighted by molar-refractivity contribution is -0.121. The van der Waals surface area contributed by atoms with Crippen LogP contribution in [0, 0.1) is 0 Å². The van der Waals surface area contributed by atoms with Gasteiger partial charge in [-0.2, -0.15) is 0 Å². The fraction of sp³-hybridized carbons (Fsp3) is 0.276. The number of benzene rings is 3. The van der Waals surface area contributed by atoms with Gasteiger partial charge in [0, 0.05) is 12.3 Å². The van der Waals surface area contributed by atoms with Gasteiger partial charge in [-0.25, -0.2) is 20.0 Å². The van der Waals surface area contributed by atoms with E-state index in [1.54, 1.807) is 32.9 Å². The second kappa shape index (κ2) is 9.61. The number of amides is 3. The molecule has 8 nitrogen and oxygen atoms in total. The largest absolute Gasteiger partial charge is 0.447 e. The van der Waals surface area contributed by atoms with E-state index in [0.29, 0.717) is 5.69 Å². The zero-order valence-corrected chi connectivity index (χ0v) is 21.0. The summed E-state index contributed by atoms with van der Waals surface area (Å²) in [6.07, 6.45) is -1.19. The number of fused-ring (bicyclic) bond motifs is 4. The first-order valence-corrected chi connectivity index (χ1v) is 12.2. The molecule has 0 radical (unpaired) electrons. The number of hydrogen-bond donors (Lipinski definition) is 2. The topological polar surface area (TPSA) is 97.0 Å². The molecule has 0 bridgehead atoms. The summed E-state index contributed by atoms with van der Waals surface area (Å²) in [5.74, 6) is -0.595. The summed E-state index contributed by atoms with van der Waals surface area (Å²) >= 11 is 0. The van der Waals surface area contributed by atoms with Gasteiger partial charge in [0.15, 0.2) is 0 Å². The van der Waals surface area contributed by atoms with Crippen LogP contribution in [-0.2, 0) is 20.7 Å². The quantitative estimate of drug-likeness (QED) is 0.531. The first-order chi connectivity index (χ1) is 17.7. The molecule has 0 unspecified atom stereocenters. The zero-order valence-electron chi connectivity index (χ0n) is 21.0. The molecule has 2 N–H and O–H groups in total. The standard InChI is InChI=1S/C29H29N3O5/c1-29(2,3)37-27(34)30-24-16-18-10-4-9-15-25(18)32(26(24)33)31-28(35)36-17-23-21-13-7-5-11-19(21)20-12-6-8-14-22(20)23/h4-15,23-24H,16-17H2,1-3H3,(H,30,34)(H,31,35)/t24-/m0/s1. The van der Waals surface area contributed by atoms with E-state index in [0.717, 1.165) is 32.8 Å². The molecule has 8 heteroatoms. The summed E-state index contributed by atoms with van der Waals surface area (Å²) in [6, 6.07) is 22.4. The number of alkyl carbamates (subject to hydrolysis) is 1. The van der Waals surface area contributed by atoms with Gasteiger partial charge in [-0.1, -0.05) is 66.7 Å². The van der Waals surface area contributed by atoms with Crippen LogP contribution in [0.5, 0.6) is 0 Å². The Balaban J connectivity index is 1.30. The summed E-state index contributed by atoms with van der Waals surface area (Å²) in [6.45, 7) is 5.35. The van der Waals surface area contributed by atoms with Gasteiger partial charge in [-0.05, 0) is 54.7 Å². The van der Waals surface area contributed by atoms with Crippen molar-refractivity contribution >= 4 is 23.8 Å². The molecule has 0 saturated carbocycles. The average Bonchev–Trinajstić information content (AvgIpc) is 3.18. The smallest absolute Gasteiger partial charge is 0.426 e. The molecule has 37 heavy (non-hydrogen) atoms. The molecule has 1 atom stereocenters. The Kier molecular flexibility index (Phi) is 6.33. The fourth-order valence-electron chi connectivity index (χ4n) is 4.88. The summed E-state index contributed by atoms with van der Waals surface area (Å²) in [5, 5.41) is 3.76. The molecular weight excluding hydrogens is 470 g/mol. The normalized spacial score (nSPS) is 16.4. The Morgan fingerprint density at radius 1 is 0.892 bits per heavy atom. The van der Waals surface area contributed by atoms with Crippen LogP contribution >= 0.6 is 0 Å². The van der Waals surface area contributed by atoms with Crippen molar-refractivity contribution in [3.05, 3.63) is 89.5 Å². The van der Waals surface area contributed by atoms with Gasteiger partial charge >= 0.3 is 12.2 Å². The third-order valence-electron chi connectivity index (χ3n) is 6.41. The predicted molar refractivity (Wildman–Crippen MR) is 139 cm³/mol. The van der Waals surface area contributed by atoms with Crippen LogP contribution < -0.4 is 15.8 Å². The van der Waals surface area contributed by atoms with Crippen molar-refractivity contribution in [1.29, 1.82) is 0 Å². The Morgan fingerprint density at radius 2 is 1.49 bits per heavy atom. The van der Waals surface area contributed by atoms with Crippen molar-refractivity contribution < 1.29 is 23.9 Å². The molecule has 190 valence electrons. The number of nitrogens with zero attached hydrogens (tertiary/aromatic N) is 1. The number of carbonyl (C=O) groups is 3. The van der Waals surface area contributed by atoms with Crippen LogP contribution in [0.2, 0.25) is 0 Å². The minimum absolute atomic E-state index is 0.107. The number of hydrogen-bond acceptors (Lipinski definition) is 5. The summed E-state index contributed by atoms with van der Waals surface area (Å²) < 4.78 is 10.9. The van der Waals surface area contributed by atoms with Crippen LogP contribution in [0.25, 0.3) is 11.1 Å². The first-order valence-electron chi connectivity index (χ1n) is 12.2. The lowest BCUT2D eigenvalue weighted by Crippen LogP contribution is -2.59. The van der Waals surface area contributed by atoms with Gasteiger partial charge < -0.3 is 14.8 Å². The Morgan fingerprint density at radius 3 is 2.14 bits per heavy atom. The number of nitrogens with one attached hydrogen (secondary N) is 2. The second-order valence-electron chi connectivity index (χ2n) is 10.1. The van der Waals surface area contributed by atoms with Crippen molar-refractivity contribution in [2.45, 2.75) is 44.8 Å². The van der Waals surface area contributed by atoms with Crippen LogP contribution in [-0.4, -0.2) is 36.3 Å². The molecule has 2 aliphatic rings. The number of hydrazine groups is 1. The number of carbonyl (C=O) groups excluding carboxylic acids is 3. The van der Waals surface area contributed by atoms with E-state index in [2.05, 4.69) is 22.9 Å². The maximum atomic E-state index is 13.3. The lowest BCUT2D eigenvalue weighted by atomic mass is 9.98. The molecule has 0 saturated heterocycles. The summed E-state index contributed by atoms with van der Waals surface area (Å²) in [4.78, 5) is 38.6. The third-order valence-corrected chi connectivity index (χ3v) is 6.41. The molecule has 0 fully saturated rings. The van der Waals surface area contributed by atoms with E-state index >= 15 is 0 Å². The van der Waals surface area contributed by atoms with Gasteiger partial charge in [-0.3, -0.25) is 4.79 Å². The van der Waals surface area contributed by atoms with Crippen LogP contribution in [0.4, 0.5) is 15.3 Å². The molecule has 3 aromatic carbocycles. The highest BCUT2D eigenvalue weighted by Crippen LogP contribution is 2.44. The maximum Gasteiger partial charge on any atom is 0.426 e. The van der Waals surface area contributed by atoms with Gasteiger partial charge in [0.05, 0.1) is 5.69 Å². The number of ether oxygens (including phenoxy) is 2. The lowest BCUT2D eigenvalue weighted by Gasteiger charge is -2.34. The van der Waals surface area contributed by atoms with Gasteiger partial charge in [0.2, 0.25) is 0 Å². The number of anilines is 1. The number of rotatable bonds is 4. The van der Waals surface area contributed by atoms with Gasteiger partial charge in [-0.15, -0.1) is 0 Å². The van der Waals surface area contributed by atoms with Crippen molar-refractivity contribution in [3.8, 4) is 11.1 Å². The molecule has 1 aliphatic carbocycles. The third kappa shape index (κ3) is 5.00. The molecular formula is C29H29N3O5. The minimum Gasteiger partial charge on any atom is -0.447 e. The Labute approximate surface area is 215 Å². The molecule has 5 rings (SSSR count). The molecule has 3 aromatic rings. The average molecular weight is 500 g/mol. The van der Waals surface area contributed by atoms with Gasteiger partial charge in [0.25, 0.3) is 5.91 Å². The highest BCUT2D eigenvalue weighted by Gasteiger charge is 2.36. The van der Waals surface area contributed by atoms with E-state index in [-0.39, 0.29) is 18.9 Å². The zero-order chi connectivity index (χ0) is 26.2. The van der Waals surface area contributed by atoms with E-state index < -0.39 is 29.7 Å². The maximum absolute atomic E-state index is 13.3. The van der Waals surface area contributed by atoms with Crippen LogP contribution in [0.1, 0.15) is 43.4 Å². The Hall–Kier alpha value is -4.33. The molecule has 1 aliphatic heterocycles. The summed E-state index contributed by atoms with van der Waals surface area (Å²) in [5.41, 5.74) is 7.64. The van der Waals surface area contributed by atoms with E-state index in [4.69, 9.17) is 9.47 Å². The molecule has 0 aromatic heterocycles. The van der Waals surface area contributed by atoms with Crippen molar-refractivity contribution in [2.75, 3.05) is 11.6 Å². The van der Waals surface area contributed by atoms with Crippen LogP contribution in [0.15, 0.2) is 72.8 Å². The van der Waals surface area contributed by atoms with Crippen molar-refractivity contribution in [1.82, 2.24) is 10.7 Å². The van der Waals surface area contributed by atoms with E-state index in [1.165, 1.54) is 0 Å². The molecule has 0 spiro atoms. The molecule has 1 heterocycles. The predicted octanol–water partition coefficient (Wildman–Crippen LogP) is 4.92. The summed E-state index contributed by atoms with van der Waals surface area (Å²) in [7, 11) is 0. The van der Waals surface area contributed by atoms with Crippen molar-refractivity contribution in [2.24, 2.45) is 0 Å². The monoisotopic (exact) mass is 499 g/mol. The van der Waals surface area contributed by atoms with E-state index in [1.807, 2.05) is 48.5 Å². The number of para-hydroxylation sites is 1.